The molecule has 72 valence electrons. The molecule has 0 radical (unpaired) electrons. The monoisotopic (exact) mass is 184 g/mol. The summed E-state index contributed by atoms with van der Waals surface area (Å²) in [7, 11) is 0. The van der Waals surface area contributed by atoms with Crippen LogP contribution in [0.3, 0.4) is 0 Å². The number of benzene rings is 1. The molecule has 0 heteroatoms. The second-order valence-corrected chi connectivity index (χ2v) is 3.07. The Balaban J connectivity index is 2.65. The van der Waals surface area contributed by atoms with Gasteiger partial charge in [0.15, 0.2) is 0 Å². The molecule has 0 aliphatic rings. The van der Waals surface area contributed by atoms with Gasteiger partial charge in [0.05, 0.1) is 0 Å². The summed E-state index contributed by atoms with van der Waals surface area (Å²) in [5.74, 6) is 0. The minimum Gasteiger partial charge on any atom is -0.0988 e. The lowest BCUT2D eigenvalue weighted by Gasteiger charge is -1.92. The van der Waals surface area contributed by atoms with E-state index in [-0.39, 0.29) is 0 Å². The van der Waals surface area contributed by atoms with E-state index in [1.54, 1.807) is 0 Å². The molecule has 0 nitrogen and oxygen atoms in total. The van der Waals surface area contributed by atoms with E-state index in [1.165, 1.54) is 11.1 Å². The Morgan fingerprint density at radius 2 is 2.00 bits per heavy atom. The van der Waals surface area contributed by atoms with Crippen LogP contribution in [0.2, 0.25) is 0 Å². The fourth-order valence-electron chi connectivity index (χ4n) is 1.18. The Morgan fingerprint density at radius 3 is 2.57 bits per heavy atom. The third-order valence-corrected chi connectivity index (χ3v) is 2.07. The highest BCUT2D eigenvalue weighted by atomic mass is 13.9. The van der Waals surface area contributed by atoms with Crippen LogP contribution in [-0.2, 0) is 0 Å². The van der Waals surface area contributed by atoms with Crippen LogP contribution < -0.4 is 0 Å². The van der Waals surface area contributed by atoms with Gasteiger partial charge in [0.25, 0.3) is 0 Å². The van der Waals surface area contributed by atoms with Crippen molar-refractivity contribution >= 4 is 6.08 Å². The van der Waals surface area contributed by atoms with E-state index in [4.69, 9.17) is 0 Å². The molecule has 14 heavy (non-hydrogen) atoms. The Labute approximate surface area is 86.3 Å². The predicted octanol–water partition coefficient (Wildman–Crippen LogP) is 4.22. The Kier molecular flexibility index (Phi) is 4.49. The van der Waals surface area contributed by atoms with Gasteiger partial charge in [0, 0.05) is 0 Å². The number of hydrogen-bond donors (Lipinski definition) is 0. The first-order valence-electron chi connectivity index (χ1n) is 4.91. The Morgan fingerprint density at radius 1 is 1.29 bits per heavy atom. The van der Waals surface area contributed by atoms with Crippen LogP contribution in [0, 0.1) is 0 Å². The van der Waals surface area contributed by atoms with Crippen molar-refractivity contribution in [2.24, 2.45) is 0 Å². The fourth-order valence-corrected chi connectivity index (χ4v) is 1.18. The van der Waals surface area contributed by atoms with Gasteiger partial charge in [0.2, 0.25) is 0 Å². The second-order valence-electron chi connectivity index (χ2n) is 3.07. The van der Waals surface area contributed by atoms with Gasteiger partial charge < -0.3 is 0 Å². The summed E-state index contributed by atoms with van der Waals surface area (Å²) in [5.41, 5.74) is 2.49. The summed E-state index contributed by atoms with van der Waals surface area (Å²) in [6.07, 6.45) is 9.19. The van der Waals surface area contributed by atoms with Crippen molar-refractivity contribution < 1.29 is 0 Å². The highest BCUT2D eigenvalue weighted by Gasteiger charge is 1.83. The maximum Gasteiger partial charge on any atom is -0.0257 e. The van der Waals surface area contributed by atoms with Crippen molar-refractivity contribution in [2.45, 2.75) is 13.3 Å². The standard InChI is InChI=1S/C14H16/c1-3-13(4-2)11-8-12-14-9-6-5-7-10-14/h3,5-12H,1,4H2,2H3/b12-8+,13-11+. The Bertz CT molecular complexity index is 328. The summed E-state index contributed by atoms with van der Waals surface area (Å²) in [6.45, 7) is 5.88. The molecular formula is C14H16. The van der Waals surface area contributed by atoms with Gasteiger partial charge in [-0.25, -0.2) is 0 Å². The first-order chi connectivity index (χ1) is 6.86. The van der Waals surface area contributed by atoms with Crippen molar-refractivity contribution in [1.29, 1.82) is 0 Å². The van der Waals surface area contributed by atoms with Crippen LogP contribution in [0.4, 0.5) is 0 Å². The topological polar surface area (TPSA) is 0 Å². The zero-order valence-corrected chi connectivity index (χ0v) is 8.61. The summed E-state index contributed by atoms with van der Waals surface area (Å²) in [4.78, 5) is 0. The van der Waals surface area contributed by atoms with Gasteiger partial charge in [-0.15, -0.1) is 0 Å². The molecule has 0 atom stereocenters. The molecule has 1 aromatic rings. The Hall–Kier alpha value is -1.56. The van der Waals surface area contributed by atoms with Crippen molar-refractivity contribution in [1.82, 2.24) is 0 Å². The summed E-state index contributed by atoms with van der Waals surface area (Å²) >= 11 is 0. The molecule has 0 spiro atoms. The van der Waals surface area contributed by atoms with E-state index in [0.717, 1.165) is 6.42 Å². The zero-order valence-electron chi connectivity index (χ0n) is 8.61. The molecule has 0 saturated carbocycles. The van der Waals surface area contributed by atoms with E-state index in [2.05, 4.69) is 43.9 Å². The quantitative estimate of drug-likeness (QED) is 0.614. The molecule has 1 rings (SSSR count). The van der Waals surface area contributed by atoms with E-state index in [0.29, 0.717) is 0 Å². The van der Waals surface area contributed by atoms with Crippen molar-refractivity contribution in [3.8, 4) is 0 Å². The average Bonchev–Trinajstić information content (AvgIpc) is 2.26. The van der Waals surface area contributed by atoms with Crippen LogP contribution in [0.5, 0.6) is 0 Å². The molecule has 0 unspecified atom stereocenters. The highest BCUT2D eigenvalue weighted by Crippen LogP contribution is 2.04. The molecule has 0 aromatic heterocycles. The van der Waals surface area contributed by atoms with Crippen LogP contribution >= 0.6 is 0 Å². The van der Waals surface area contributed by atoms with Crippen LogP contribution in [0.25, 0.3) is 6.08 Å². The van der Waals surface area contributed by atoms with Crippen molar-refractivity contribution in [3.05, 3.63) is 66.3 Å². The number of hydrogen-bond acceptors (Lipinski definition) is 0. The van der Waals surface area contributed by atoms with E-state index in [9.17, 15) is 0 Å². The smallest absolute Gasteiger partial charge is 0.0257 e. The van der Waals surface area contributed by atoms with Gasteiger partial charge in [-0.05, 0) is 17.6 Å². The lowest BCUT2D eigenvalue weighted by molar-refractivity contribution is 1.15. The molecule has 0 heterocycles. The molecule has 0 fully saturated rings. The van der Waals surface area contributed by atoms with Gasteiger partial charge >= 0.3 is 0 Å². The molecule has 0 aliphatic carbocycles. The van der Waals surface area contributed by atoms with Gasteiger partial charge in [-0.3, -0.25) is 0 Å². The largest absolute Gasteiger partial charge is 0.0988 e. The minimum atomic E-state index is 1.03. The lowest BCUT2D eigenvalue weighted by atomic mass is 10.1. The normalized spacial score (nSPS) is 11.9. The van der Waals surface area contributed by atoms with Crippen LogP contribution in [-0.4, -0.2) is 0 Å². The van der Waals surface area contributed by atoms with Gasteiger partial charge in [0.1, 0.15) is 0 Å². The average molecular weight is 184 g/mol. The molecule has 0 N–H and O–H groups in total. The first-order valence-corrected chi connectivity index (χ1v) is 4.91. The van der Waals surface area contributed by atoms with Crippen molar-refractivity contribution in [2.75, 3.05) is 0 Å². The molecule has 0 aliphatic heterocycles. The van der Waals surface area contributed by atoms with Gasteiger partial charge in [-0.1, -0.05) is 68.1 Å². The minimum absolute atomic E-state index is 1.03. The highest BCUT2D eigenvalue weighted by molar-refractivity contribution is 5.51. The van der Waals surface area contributed by atoms with Crippen LogP contribution in [0.1, 0.15) is 18.9 Å². The van der Waals surface area contributed by atoms with Crippen molar-refractivity contribution in [3.63, 3.8) is 0 Å². The number of allylic oxidation sites excluding steroid dienone is 4. The van der Waals surface area contributed by atoms with Crippen LogP contribution in [0.15, 0.2) is 60.7 Å². The molecule has 0 amide bonds. The predicted molar refractivity (Wildman–Crippen MR) is 64.0 cm³/mol. The van der Waals surface area contributed by atoms with E-state index >= 15 is 0 Å². The molecule has 1 aromatic carbocycles. The van der Waals surface area contributed by atoms with E-state index in [1.807, 2.05) is 24.3 Å². The number of rotatable bonds is 4. The summed E-state index contributed by atoms with van der Waals surface area (Å²) in [6, 6.07) is 10.3. The molecule has 0 saturated heterocycles. The zero-order chi connectivity index (χ0) is 10.2. The third kappa shape index (κ3) is 3.44. The second kappa shape index (κ2) is 5.98. The molecular weight excluding hydrogens is 168 g/mol. The SMILES string of the molecule is C=C/C(=C\C=C\c1ccccc1)CC. The summed E-state index contributed by atoms with van der Waals surface area (Å²) < 4.78 is 0. The molecule has 0 bridgehead atoms. The maximum absolute atomic E-state index is 3.76. The maximum atomic E-state index is 3.76. The fraction of sp³-hybridized carbons (Fsp3) is 0.143. The first kappa shape index (κ1) is 10.5. The summed E-state index contributed by atoms with van der Waals surface area (Å²) in [5, 5.41) is 0. The van der Waals surface area contributed by atoms with E-state index < -0.39 is 0 Å². The third-order valence-electron chi connectivity index (χ3n) is 2.07. The van der Waals surface area contributed by atoms with Gasteiger partial charge in [-0.2, -0.15) is 0 Å². The lowest BCUT2D eigenvalue weighted by Crippen LogP contribution is -1.71.